The highest BCUT2D eigenvalue weighted by molar-refractivity contribution is 5.95. The Labute approximate surface area is 104 Å². The van der Waals surface area contributed by atoms with Crippen molar-refractivity contribution < 1.29 is 9.53 Å². The number of nitrogens with two attached hydrogens (primary N) is 2. The molecule has 18 heavy (non-hydrogen) atoms. The van der Waals surface area contributed by atoms with Crippen LogP contribution in [0.3, 0.4) is 0 Å². The number of benzene rings is 1. The van der Waals surface area contributed by atoms with Crippen LogP contribution in [-0.2, 0) is 0 Å². The summed E-state index contributed by atoms with van der Waals surface area (Å²) in [6, 6.07) is 10.1. The van der Waals surface area contributed by atoms with Crippen LogP contribution in [-0.4, -0.2) is 10.9 Å². The van der Waals surface area contributed by atoms with E-state index in [1.54, 1.807) is 43.3 Å². The number of nitrogen functional groups attached to an aromatic ring is 1. The second kappa shape index (κ2) is 4.75. The number of amides is 1. The zero-order chi connectivity index (χ0) is 13.1. The van der Waals surface area contributed by atoms with Crippen molar-refractivity contribution in [3.63, 3.8) is 0 Å². The smallest absolute Gasteiger partial charge is 0.252 e. The topological polar surface area (TPSA) is 91.2 Å². The molecule has 1 aromatic carbocycles. The van der Waals surface area contributed by atoms with E-state index in [9.17, 15) is 4.79 Å². The number of anilines is 1. The van der Waals surface area contributed by atoms with Gasteiger partial charge < -0.3 is 16.2 Å². The summed E-state index contributed by atoms with van der Waals surface area (Å²) < 4.78 is 5.54. The van der Waals surface area contributed by atoms with Crippen molar-refractivity contribution in [1.29, 1.82) is 0 Å². The lowest BCUT2D eigenvalue weighted by atomic mass is 10.2. The normalized spacial score (nSPS) is 10.1. The van der Waals surface area contributed by atoms with Gasteiger partial charge in [-0.2, -0.15) is 0 Å². The van der Waals surface area contributed by atoms with Crippen molar-refractivity contribution in [2.75, 3.05) is 5.73 Å². The molecule has 0 radical (unpaired) electrons. The van der Waals surface area contributed by atoms with E-state index in [0.29, 0.717) is 28.6 Å². The van der Waals surface area contributed by atoms with Gasteiger partial charge in [-0.15, -0.1) is 0 Å². The number of ether oxygens (including phenoxy) is 1. The van der Waals surface area contributed by atoms with Gasteiger partial charge in [0, 0.05) is 6.07 Å². The fourth-order valence-electron chi connectivity index (χ4n) is 1.48. The first kappa shape index (κ1) is 11.9. The van der Waals surface area contributed by atoms with Crippen molar-refractivity contribution >= 4 is 11.6 Å². The van der Waals surface area contributed by atoms with Gasteiger partial charge in [-0.1, -0.05) is 12.1 Å². The summed E-state index contributed by atoms with van der Waals surface area (Å²) in [4.78, 5) is 15.4. The van der Waals surface area contributed by atoms with Crippen LogP contribution >= 0.6 is 0 Å². The number of para-hydroxylation sites is 1. The number of nitrogens with zero attached hydrogens (tertiary/aromatic N) is 1. The molecule has 1 aromatic heterocycles. The fraction of sp³-hybridized carbons (Fsp3) is 0.0769. The SMILES string of the molecule is Cc1nc(Oc2ccccc2C(N)=O)ccc1N. The summed E-state index contributed by atoms with van der Waals surface area (Å²) in [6.45, 7) is 1.78. The van der Waals surface area contributed by atoms with Crippen LogP contribution in [0, 0.1) is 6.92 Å². The minimum Gasteiger partial charge on any atom is -0.438 e. The van der Waals surface area contributed by atoms with Crippen molar-refractivity contribution in [2.45, 2.75) is 6.92 Å². The van der Waals surface area contributed by atoms with Crippen LogP contribution in [0.15, 0.2) is 36.4 Å². The number of aromatic nitrogens is 1. The van der Waals surface area contributed by atoms with E-state index in [1.165, 1.54) is 0 Å². The Morgan fingerprint density at radius 2 is 1.94 bits per heavy atom. The van der Waals surface area contributed by atoms with Gasteiger partial charge in [0.25, 0.3) is 5.91 Å². The number of pyridine rings is 1. The highest BCUT2D eigenvalue weighted by atomic mass is 16.5. The number of aryl methyl sites for hydroxylation is 1. The Balaban J connectivity index is 2.34. The van der Waals surface area contributed by atoms with E-state index in [-0.39, 0.29) is 0 Å². The first-order chi connectivity index (χ1) is 8.58. The third kappa shape index (κ3) is 2.40. The number of hydrogen-bond acceptors (Lipinski definition) is 4. The Hall–Kier alpha value is -2.56. The van der Waals surface area contributed by atoms with Gasteiger partial charge in [-0.05, 0) is 25.1 Å². The minimum atomic E-state index is -0.544. The quantitative estimate of drug-likeness (QED) is 0.860. The summed E-state index contributed by atoms with van der Waals surface area (Å²) in [5.74, 6) is 0.204. The van der Waals surface area contributed by atoms with Gasteiger partial charge >= 0.3 is 0 Å². The van der Waals surface area contributed by atoms with E-state index < -0.39 is 5.91 Å². The zero-order valence-electron chi connectivity index (χ0n) is 9.88. The van der Waals surface area contributed by atoms with Gasteiger partial charge in [-0.25, -0.2) is 4.98 Å². The maximum absolute atomic E-state index is 11.2. The molecular formula is C13H13N3O2. The predicted molar refractivity (Wildman–Crippen MR) is 68.4 cm³/mol. The molecule has 0 spiro atoms. The maximum atomic E-state index is 11.2. The van der Waals surface area contributed by atoms with Crippen LogP contribution in [0.1, 0.15) is 16.1 Å². The summed E-state index contributed by atoms with van der Waals surface area (Å²) in [6.07, 6.45) is 0. The van der Waals surface area contributed by atoms with Crippen molar-refractivity contribution in [1.82, 2.24) is 4.98 Å². The number of carbonyl (C=O) groups excluding carboxylic acids is 1. The Bertz CT molecular complexity index is 597. The molecular weight excluding hydrogens is 230 g/mol. The molecule has 0 aliphatic heterocycles. The molecule has 1 heterocycles. The van der Waals surface area contributed by atoms with Gasteiger partial charge in [0.05, 0.1) is 16.9 Å². The summed E-state index contributed by atoms with van der Waals surface area (Å²) >= 11 is 0. The second-order valence-corrected chi connectivity index (χ2v) is 3.79. The van der Waals surface area contributed by atoms with Crippen LogP contribution in [0.25, 0.3) is 0 Å². The van der Waals surface area contributed by atoms with Gasteiger partial charge in [0.2, 0.25) is 5.88 Å². The Morgan fingerprint density at radius 3 is 2.61 bits per heavy atom. The van der Waals surface area contributed by atoms with E-state index in [2.05, 4.69) is 4.98 Å². The van der Waals surface area contributed by atoms with Gasteiger partial charge in [0.1, 0.15) is 5.75 Å². The van der Waals surface area contributed by atoms with Crippen LogP contribution in [0.4, 0.5) is 5.69 Å². The minimum absolute atomic E-state index is 0.314. The molecule has 0 saturated heterocycles. The third-order valence-electron chi connectivity index (χ3n) is 2.47. The lowest BCUT2D eigenvalue weighted by molar-refractivity contribution is 0.0998. The molecule has 2 aromatic rings. The molecule has 2 rings (SSSR count). The number of hydrogen-bond donors (Lipinski definition) is 2. The lowest BCUT2D eigenvalue weighted by Gasteiger charge is -2.09. The lowest BCUT2D eigenvalue weighted by Crippen LogP contribution is -2.12. The van der Waals surface area contributed by atoms with E-state index >= 15 is 0 Å². The monoisotopic (exact) mass is 243 g/mol. The van der Waals surface area contributed by atoms with E-state index in [1.807, 2.05) is 0 Å². The standard InChI is InChI=1S/C13H13N3O2/c1-8-10(14)6-7-12(16-8)18-11-5-3-2-4-9(11)13(15)17/h2-7H,14H2,1H3,(H2,15,17). The molecule has 5 nitrogen and oxygen atoms in total. The predicted octanol–water partition coefficient (Wildman–Crippen LogP) is 1.86. The largest absolute Gasteiger partial charge is 0.438 e. The molecule has 4 N–H and O–H groups in total. The molecule has 0 fully saturated rings. The maximum Gasteiger partial charge on any atom is 0.252 e. The number of carbonyl (C=O) groups is 1. The molecule has 1 amide bonds. The first-order valence-corrected chi connectivity index (χ1v) is 5.37. The Morgan fingerprint density at radius 1 is 1.22 bits per heavy atom. The van der Waals surface area contributed by atoms with Crippen molar-refractivity contribution in [3.8, 4) is 11.6 Å². The number of primary amides is 1. The average Bonchev–Trinajstić information content (AvgIpc) is 2.34. The first-order valence-electron chi connectivity index (χ1n) is 5.37. The molecule has 5 heteroatoms. The van der Waals surface area contributed by atoms with Crippen LogP contribution in [0.5, 0.6) is 11.6 Å². The highest BCUT2D eigenvalue weighted by Gasteiger charge is 2.10. The van der Waals surface area contributed by atoms with Gasteiger partial charge in [0.15, 0.2) is 0 Å². The summed E-state index contributed by atoms with van der Waals surface area (Å²) in [7, 11) is 0. The number of rotatable bonds is 3. The Kier molecular flexibility index (Phi) is 3.14. The third-order valence-corrected chi connectivity index (χ3v) is 2.47. The second-order valence-electron chi connectivity index (χ2n) is 3.79. The fourth-order valence-corrected chi connectivity index (χ4v) is 1.48. The molecule has 0 unspecified atom stereocenters. The summed E-state index contributed by atoms with van der Waals surface area (Å²) in [5.41, 5.74) is 12.5. The molecule has 92 valence electrons. The highest BCUT2D eigenvalue weighted by Crippen LogP contribution is 2.24. The van der Waals surface area contributed by atoms with Crippen molar-refractivity contribution in [3.05, 3.63) is 47.7 Å². The zero-order valence-corrected chi connectivity index (χ0v) is 9.88. The molecule has 0 saturated carbocycles. The average molecular weight is 243 g/mol. The van der Waals surface area contributed by atoms with E-state index in [4.69, 9.17) is 16.2 Å². The van der Waals surface area contributed by atoms with Crippen molar-refractivity contribution in [2.24, 2.45) is 5.73 Å². The molecule has 0 atom stereocenters. The molecule has 0 aliphatic rings. The molecule has 0 aliphatic carbocycles. The van der Waals surface area contributed by atoms with Crippen LogP contribution < -0.4 is 16.2 Å². The molecule has 0 bridgehead atoms. The summed E-state index contributed by atoms with van der Waals surface area (Å²) in [5, 5.41) is 0. The van der Waals surface area contributed by atoms with E-state index in [0.717, 1.165) is 0 Å². The van der Waals surface area contributed by atoms with Crippen LogP contribution in [0.2, 0.25) is 0 Å². The van der Waals surface area contributed by atoms with Gasteiger partial charge in [-0.3, -0.25) is 4.79 Å².